The van der Waals surface area contributed by atoms with Gasteiger partial charge in [0.25, 0.3) is 0 Å². The van der Waals surface area contributed by atoms with Crippen molar-refractivity contribution in [2.24, 2.45) is 0 Å². The van der Waals surface area contributed by atoms with E-state index in [0.29, 0.717) is 13.0 Å². The van der Waals surface area contributed by atoms with Crippen molar-refractivity contribution in [3.8, 4) is 0 Å². The first-order valence-electron chi connectivity index (χ1n) is 4.64. The van der Waals surface area contributed by atoms with Crippen LogP contribution in [0, 0.1) is 0 Å². The summed E-state index contributed by atoms with van der Waals surface area (Å²) in [5.74, 6) is -0.871. The molecule has 78 valence electrons. The number of rotatable bonds is 7. The number of aliphatic carboxylic acids is 1. The molecule has 4 heteroatoms. The quantitative estimate of drug-likeness (QED) is 0.623. The van der Waals surface area contributed by atoms with Crippen molar-refractivity contribution in [1.29, 1.82) is 0 Å². The summed E-state index contributed by atoms with van der Waals surface area (Å²) in [4.78, 5) is 10.7. The number of likely N-dealkylation sites (N-methyl/N-ethyl adjacent to an activating group) is 1. The number of hydrogen-bond donors (Lipinski definition) is 2. The van der Waals surface area contributed by atoms with Crippen molar-refractivity contribution in [1.82, 2.24) is 5.32 Å². The molecule has 2 atom stereocenters. The number of nitrogens with one attached hydrogen (secondary N) is 1. The summed E-state index contributed by atoms with van der Waals surface area (Å²) in [6.07, 6.45) is 0.679. The highest BCUT2D eigenvalue weighted by Crippen LogP contribution is 2.05. The minimum absolute atomic E-state index is 0.0577. The molecule has 0 amide bonds. The van der Waals surface area contributed by atoms with Crippen molar-refractivity contribution >= 4 is 5.97 Å². The topological polar surface area (TPSA) is 58.6 Å². The summed E-state index contributed by atoms with van der Waals surface area (Å²) >= 11 is 0. The minimum atomic E-state index is -0.871. The van der Waals surface area contributed by atoms with Gasteiger partial charge in [-0.25, -0.2) is 4.79 Å². The summed E-state index contributed by atoms with van der Waals surface area (Å²) in [5, 5.41) is 11.7. The second kappa shape index (κ2) is 6.86. The van der Waals surface area contributed by atoms with Gasteiger partial charge in [-0.15, -0.1) is 0 Å². The van der Waals surface area contributed by atoms with E-state index >= 15 is 0 Å². The van der Waals surface area contributed by atoms with Crippen LogP contribution in [-0.4, -0.2) is 36.9 Å². The van der Waals surface area contributed by atoms with E-state index in [4.69, 9.17) is 9.84 Å². The number of carbonyl (C=O) groups is 1. The molecule has 13 heavy (non-hydrogen) atoms. The number of carboxylic acid groups (broad SMARTS) is 1. The van der Waals surface area contributed by atoms with Gasteiger partial charge in [0.05, 0.1) is 6.10 Å². The Morgan fingerprint density at radius 3 is 2.62 bits per heavy atom. The maximum atomic E-state index is 10.7. The van der Waals surface area contributed by atoms with Crippen LogP contribution in [0.3, 0.4) is 0 Å². The molecule has 0 heterocycles. The number of hydrogen-bond acceptors (Lipinski definition) is 3. The van der Waals surface area contributed by atoms with Crippen LogP contribution in [0.1, 0.15) is 26.7 Å². The molecule has 2 N–H and O–H groups in total. The van der Waals surface area contributed by atoms with Gasteiger partial charge < -0.3 is 15.2 Å². The first-order valence-corrected chi connectivity index (χ1v) is 4.64. The van der Waals surface area contributed by atoms with Gasteiger partial charge in [0.2, 0.25) is 0 Å². The van der Waals surface area contributed by atoms with Gasteiger partial charge in [-0.3, -0.25) is 0 Å². The third kappa shape index (κ3) is 5.60. The van der Waals surface area contributed by atoms with Gasteiger partial charge in [0.1, 0.15) is 0 Å². The lowest BCUT2D eigenvalue weighted by atomic mass is 10.2. The highest BCUT2D eigenvalue weighted by molar-refractivity contribution is 5.72. The van der Waals surface area contributed by atoms with Crippen LogP contribution in [-0.2, 0) is 9.53 Å². The number of ether oxygens (including phenoxy) is 1. The molecule has 4 nitrogen and oxygen atoms in total. The molecule has 0 aromatic rings. The fraction of sp³-hybridized carbons (Fsp3) is 0.889. The Morgan fingerprint density at radius 1 is 1.62 bits per heavy atom. The zero-order chi connectivity index (χ0) is 10.3. The Labute approximate surface area is 79.3 Å². The van der Waals surface area contributed by atoms with E-state index in [-0.39, 0.29) is 6.10 Å². The zero-order valence-corrected chi connectivity index (χ0v) is 8.54. The molecule has 0 saturated carbocycles. The standard InChI is InChI=1S/C9H19NO3/c1-4-5-8(9(11)12)13-7(2)6-10-3/h7-8,10H,4-6H2,1-3H3,(H,11,12). The lowest BCUT2D eigenvalue weighted by molar-refractivity contribution is -0.154. The highest BCUT2D eigenvalue weighted by atomic mass is 16.5. The van der Waals surface area contributed by atoms with Crippen molar-refractivity contribution in [2.75, 3.05) is 13.6 Å². The van der Waals surface area contributed by atoms with E-state index in [1.807, 2.05) is 20.9 Å². The van der Waals surface area contributed by atoms with Gasteiger partial charge in [-0.2, -0.15) is 0 Å². The third-order valence-electron chi connectivity index (χ3n) is 1.71. The van der Waals surface area contributed by atoms with Crippen molar-refractivity contribution in [3.63, 3.8) is 0 Å². The summed E-state index contributed by atoms with van der Waals surface area (Å²) < 4.78 is 5.33. The first kappa shape index (κ1) is 12.4. The van der Waals surface area contributed by atoms with E-state index in [9.17, 15) is 4.79 Å². The molecular weight excluding hydrogens is 170 g/mol. The van der Waals surface area contributed by atoms with E-state index in [0.717, 1.165) is 6.42 Å². The molecule has 2 unspecified atom stereocenters. The minimum Gasteiger partial charge on any atom is -0.479 e. The van der Waals surface area contributed by atoms with Crippen molar-refractivity contribution in [2.45, 2.75) is 38.9 Å². The fourth-order valence-corrected chi connectivity index (χ4v) is 1.13. The fourth-order valence-electron chi connectivity index (χ4n) is 1.13. The maximum absolute atomic E-state index is 10.7. The Kier molecular flexibility index (Phi) is 6.54. The van der Waals surface area contributed by atoms with Crippen LogP contribution in [0.4, 0.5) is 0 Å². The molecule has 0 bridgehead atoms. The van der Waals surface area contributed by atoms with Crippen molar-refractivity contribution in [3.05, 3.63) is 0 Å². The molecule has 0 aliphatic rings. The number of carboxylic acids is 1. The Bertz CT molecular complexity index is 150. The molecule has 0 rings (SSSR count). The second-order valence-electron chi connectivity index (χ2n) is 3.12. The molecule has 0 aliphatic carbocycles. The van der Waals surface area contributed by atoms with Gasteiger partial charge >= 0.3 is 5.97 Å². The van der Waals surface area contributed by atoms with Gasteiger partial charge in [-0.1, -0.05) is 13.3 Å². The zero-order valence-electron chi connectivity index (χ0n) is 8.54. The smallest absolute Gasteiger partial charge is 0.332 e. The third-order valence-corrected chi connectivity index (χ3v) is 1.71. The Balaban J connectivity index is 3.86. The highest BCUT2D eigenvalue weighted by Gasteiger charge is 2.19. The molecule has 0 fully saturated rings. The molecule has 0 spiro atoms. The van der Waals surface area contributed by atoms with E-state index in [2.05, 4.69) is 5.32 Å². The van der Waals surface area contributed by atoms with Crippen molar-refractivity contribution < 1.29 is 14.6 Å². The van der Waals surface area contributed by atoms with E-state index in [1.54, 1.807) is 0 Å². The largest absolute Gasteiger partial charge is 0.479 e. The molecule has 0 radical (unpaired) electrons. The predicted octanol–water partition coefficient (Wildman–Crippen LogP) is 0.864. The second-order valence-corrected chi connectivity index (χ2v) is 3.12. The van der Waals surface area contributed by atoms with Gasteiger partial charge in [0.15, 0.2) is 6.10 Å². The Hall–Kier alpha value is -0.610. The average Bonchev–Trinajstić information content (AvgIpc) is 2.04. The lowest BCUT2D eigenvalue weighted by Crippen LogP contribution is -2.32. The first-order chi connectivity index (χ1) is 6.11. The van der Waals surface area contributed by atoms with E-state index < -0.39 is 12.1 Å². The SMILES string of the molecule is CCCC(OC(C)CNC)C(=O)O. The van der Waals surface area contributed by atoms with Gasteiger partial charge in [0, 0.05) is 6.54 Å². The van der Waals surface area contributed by atoms with Crippen LogP contribution in [0.5, 0.6) is 0 Å². The van der Waals surface area contributed by atoms with Crippen LogP contribution in [0.2, 0.25) is 0 Å². The van der Waals surface area contributed by atoms with Crippen LogP contribution < -0.4 is 5.32 Å². The van der Waals surface area contributed by atoms with Crippen LogP contribution in [0.25, 0.3) is 0 Å². The van der Waals surface area contributed by atoms with Crippen LogP contribution >= 0.6 is 0 Å². The predicted molar refractivity (Wildman–Crippen MR) is 50.8 cm³/mol. The summed E-state index contributed by atoms with van der Waals surface area (Å²) in [7, 11) is 1.81. The lowest BCUT2D eigenvalue weighted by Gasteiger charge is -2.18. The molecular formula is C9H19NO3. The molecule has 0 saturated heterocycles. The normalized spacial score (nSPS) is 15.3. The molecule has 0 aromatic heterocycles. The molecule has 0 aliphatic heterocycles. The summed E-state index contributed by atoms with van der Waals surface area (Å²) in [6, 6.07) is 0. The summed E-state index contributed by atoms with van der Waals surface area (Å²) in [5.41, 5.74) is 0. The molecule has 0 aromatic carbocycles. The Morgan fingerprint density at radius 2 is 2.23 bits per heavy atom. The summed E-state index contributed by atoms with van der Waals surface area (Å²) in [6.45, 7) is 4.48. The van der Waals surface area contributed by atoms with Gasteiger partial charge in [-0.05, 0) is 20.4 Å². The van der Waals surface area contributed by atoms with E-state index in [1.165, 1.54) is 0 Å². The maximum Gasteiger partial charge on any atom is 0.332 e. The van der Waals surface area contributed by atoms with Crippen LogP contribution in [0.15, 0.2) is 0 Å². The average molecular weight is 189 g/mol. The monoisotopic (exact) mass is 189 g/mol.